The van der Waals surface area contributed by atoms with Gasteiger partial charge in [-0.05, 0) is 42.7 Å². The summed E-state index contributed by atoms with van der Waals surface area (Å²) in [6.07, 6.45) is 1.69. The molecule has 0 bridgehead atoms. The SMILES string of the molecule is CSCC[C@@H](C(=O)OCC(=O)NC[C@@H]1COc2ccccc2O1)N1C(=O)c2ccccc2C1=O. The van der Waals surface area contributed by atoms with Gasteiger partial charge in [-0.2, -0.15) is 11.8 Å². The summed E-state index contributed by atoms with van der Waals surface area (Å²) in [5.41, 5.74) is 0.506. The minimum absolute atomic E-state index is 0.166. The van der Waals surface area contributed by atoms with E-state index in [0.717, 1.165) is 4.90 Å². The second-order valence-corrected chi connectivity index (χ2v) is 8.72. The van der Waals surface area contributed by atoms with Crippen molar-refractivity contribution in [3.05, 3.63) is 59.7 Å². The Morgan fingerprint density at radius 1 is 1.09 bits per heavy atom. The summed E-state index contributed by atoms with van der Waals surface area (Å²) in [7, 11) is 0. The number of para-hydroxylation sites is 2. The predicted molar refractivity (Wildman–Crippen MR) is 124 cm³/mol. The first kappa shape index (κ1) is 23.6. The number of ether oxygens (including phenoxy) is 3. The number of carbonyl (C=O) groups excluding carboxylic acids is 4. The molecule has 2 heterocycles. The zero-order valence-electron chi connectivity index (χ0n) is 18.5. The van der Waals surface area contributed by atoms with Crippen LogP contribution in [0, 0.1) is 0 Å². The molecule has 10 heteroatoms. The van der Waals surface area contributed by atoms with E-state index in [1.165, 1.54) is 11.8 Å². The van der Waals surface area contributed by atoms with Crippen molar-refractivity contribution < 1.29 is 33.4 Å². The summed E-state index contributed by atoms with van der Waals surface area (Å²) < 4.78 is 16.6. The highest BCUT2D eigenvalue weighted by Crippen LogP contribution is 2.30. The molecule has 0 fully saturated rings. The maximum absolute atomic E-state index is 12.8. The number of hydrogen-bond acceptors (Lipinski definition) is 8. The third kappa shape index (κ3) is 5.01. The number of nitrogens with zero attached hydrogens (tertiary/aromatic N) is 1. The van der Waals surface area contributed by atoms with Gasteiger partial charge in [-0.1, -0.05) is 24.3 Å². The number of carbonyl (C=O) groups is 4. The zero-order valence-corrected chi connectivity index (χ0v) is 19.3. The lowest BCUT2D eigenvalue weighted by Crippen LogP contribution is -2.47. The molecule has 2 aromatic carbocycles. The van der Waals surface area contributed by atoms with Crippen molar-refractivity contribution in [1.29, 1.82) is 0 Å². The molecule has 0 saturated carbocycles. The lowest BCUT2D eigenvalue weighted by molar-refractivity contribution is -0.152. The van der Waals surface area contributed by atoms with Crippen LogP contribution in [-0.4, -0.2) is 72.5 Å². The number of rotatable bonds is 9. The van der Waals surface area contributed by atoms with Gasteiger partial charge in [0.05, 0.1) is 17.7 Å². The van der Waals surface area contributed by atoms with E-state index in [9.17, 15) is 19.2 Å². The van der Waals surface area contributed by atoms with Gasteiger partial charge in [-0.3, -0.25) is 19.3 Å². The third-order valence-corrected chi connectivity index (χ3v) is 6.09. The Labute approximate surface area is 200 Å². The van der Waals surface area contributed by atoms with Crippen LogP contribution in [-0.2, 0) is 14.3 Å². The molecule has 0 unspecified atom stereocenters. The standard InChI is InChI=1S/C24H24N2O7S/c1-34-11-10-18(26-22(28)16-6-2-3-7-17(16)23(26)29)24(30)32-14-21(27)25-12-15-13-31-19-8-4-5-9-20(19)33-15/h2-9,15,18H,10-14H2,1H3,(H,25,27)/t15-,18+/m1/s1. The number of amides is 3. The van der Waals surface area contributed by atoms with Crippen molar-refractivity contribution >= 4 is 35.5 Å². The van der Waals surface area contributed by atoms with E-state index in [1.807, 2.05) is 18.4 Å². The molecule has 0 spiro atoms. The molecule has 2 aromatic rings. The molecule has 0 aromatic heterocycles. The monoisotopic (exact) mass is 484 g/mol. The Morgan fingerprint density at radius 2 is 1.74 bits per heavy atom. The predicted octanol–water partition coefficient (Wildman–Crippen LogP) is 1.90. The molecule has 4 rings (SSSR count). The number of fused-ring (bicyclic) bond motifs is 2. The molecule has 178 valence electrons. The Hall–Kier alpha value is -3.53. The van der Waals surface area contributed by atoms with Gasteiger partial charge >= 0.3 is 5.97 Å². The van der Waals surface area contributed by atoms with Gasteiger partial charge in [-0.25, -0.2) is 4.79 Å². The number of nitrogens with one attached hydrogen (secondary N) is 1. The van der Waals surface area contributed by atoms with Crippen molar-refractivity contribution in [2.75, 3.05) is 31.8 Å². The van der Waals surface area contributed by atoms with E-state index in [4.69, 9.17) is 14.2 Å². The summed E-state index contributed by atoms with van der Waals surface area (Å²) in [6, 6.07) is 12.5. The first-order valence-corrected chi connectivity index (χ1v) is 12.2. The van der Waals surface area contributed by atoms with Crippen LogP contribution in [0.5, 0.6) is 11.5 Å². The highest BCUT2D eigenvalue weighted by atomic mass is 32.2. The summed E-state index contributed by atoms with van der Waals surface area (Å²) in [6.45, 7) is -0.103. The molecule has 1 N–H and O–H groups in total. The van der Waals surface area contributed by atoms with Crippen LogP contribution in [0.2, 0.25) is 0 Å². The van der Waals surface area contributed by atoms with E-state index >= 15 is 0 Å². The average molecular weight is 485 g/mol. The number of esters is 1. The number of thioether (sulfide) groups is 1. The van der Waals surface area contributed by atoms with Crippen LogP contribution in [0.3, 0.4) is 0 Å². The lowest BCUT2D eigenvalue weighted by Gasteiger charge is -2.26. The highest BCUT2D eigenvalue weighted by Gasteiger charge is 2.43. The third-order valence-electron chi connectivity index (χ3n) is 5.44. The highest BCUT2D eigenvalue weighted by molar-refractivity contribution is 7.98. The van der Waals surface area contributed by atoms with Crippen LogP contribution < -0.4 is 14.8 Å². The van der Waals surface area contributed by atoms with E-state index in [1.54, 1.807) is 36.4 Å². The Morgan fingerprint density at radius 3 is 2.41 bits per heavy atom. The smallest absolute Gasteiger partial charge is 0.329 e. The molecule has 2 aliphatic heterocycles. The Balaban J connectivity index is 1.31. The second kappa shape index (κ2) is 10.6. The molecule has 0 saturated heterocycles. The quantitative estimate of drug-likeness (QED) is 0.424. The molecule has 2 atom stereocenters. The molecule has 0 radical (unpaired) electrons. The zero-order chi connectivity index (χ0) is 24.1. The summed E-state index contributed by atoms with van der Waals surface area (Å²) in [4.78, 5) is 51.6. The maximum Gasteiger partial charge on any atom is 0.329 e. The second-order valence-electron chi connectivity index (χ2n) is 7.73. The first-order chi connectivity index (χ1) is 16.5. The van der Waals surface area contributed by atoms with Gasteiger partial charge < -0.3 is 19.5 Å². The average Bonchev–Trinajstić information content (AvgIpc) is 3.11. The fourth-order valence-electron chi connectivity index (χ4n) is 3.75. The number of imide groups is 1. The van der Waals surface area contributed by atoms with Gasteiger partial charge in [0.15, 0.2) is 18.1 Å². The fourth-order valence-corrected chi connectivity index (χ4v) is 4.21. The van der Waals surface area contributed by atoms with Crippen LogP contribution in [0.1, 0.15) is 27.1 Å². The van der Waals surface area contributed by atoms with Gasteiger partial charge in [0.1, 0.15) is 18.8 Å². The largest absolute Gasteiger partial charge is 0.486 e. The first-order valence-electron chi connectivity index (χ1n) is 10.8. The Kier molecular flexibility index (Phi) is 7.36. The molecule has 2 aliphatic rings. The van der Waals surface area contributed by atoms with E-state index in [-0.39, 0.29) is 36.8 Å². The van der Waals surface area contributed by atoms with Crippen molar-refractivity contribution in [2.45, 2.75) is 18.6 Å². The summed E-state index contributed by atoms with van der Waals surface area (Å²) in [5, 5.41) is 2.65. The van der Waals surface area contributed by atoms with Crippen molar-refractivity contribution in [3.63, 3.8) is 0 Å². The van der Waals surface area contributed by atoms with Crippen LogP contribution in [0.15, 0.2) is 48.5 Å². The Bertz CT molecular complexity index is 1070. The van der Waals surface area contributed by atoms with Gasteiger partial charge in [-0.15, -0.1) is 0 Å². The van der Waals surface area contributed by atoms with Gasteiger partial charge in [0.25, 0.3) is 17.7 Å². The molecule has 3 amide bonds. The van der Waals surface area contributed by atoms with Gasteiger partial charge in [0, 0.05) is 0 Å². The number of hydrogen-bond donors (Lipinski definition) is 1. The summed E-state index contributed by atoms with van der Waals surface area (Å²) >= 11 is 1.47. The minimum atomic E-state index is -1.11. The van der Waals surface area contributed by atoms with Crippen molar-refractivity contribution in [1.82, 2.24) is 10.2 Å². The molecule has 34 heavy (non-hydrogen) atoms. The molecule has 9 nitrogen and oxygen atoms in total. The van der Waals surface area contributed by atoms with Crippen molar-refractivity contribution in [2.24, 2.45) is 0 Å². The molecular formula is C24H24N2O7S. The van der Waals surface area contributed by atoms with Crippen molar-refractivity contribution in [3.8, 4) is 11.5 Å². The van der Waals surface area contributed by atoms with Crippen LogP contribution in [0.4, 0.5) is 0 Å². The minimum Gasteiger partial charge on any atom is -0.486 e. The molecule has 0 aliphatic carbocycles. The van der Waals surface area contributed by atoms with Gasteiger partial charge in [0.2, 0.25) is 0 Å². The lowest BCUT2D eigenvalue weighted by atomic mass is 10.1. The topological polar surface area (TPSA) is 111 Å². The van der Waals surface area contributed by atoms with Crippen LogP contribution in [0.25, 0.3) is 0 Å². The normalized spacial score (nSPS) is 17.2. The fraction of sp³-hybridized carbons (Fsp3) is 0.333. The van der Waals surface area contributed by atoms with Crippen LogP contribution >= 0.6 is 11.8 Å². The number of benzene rings is 2. The maximum atomic E-state index is 12.8. The molecular weight excluding hydrogens is 460 g/mol. The van der Waals surface area contributed by atoms with E-state index in [2.05, 4.69) is 5.32 Å². The van der Waals surface area contributed by atoms with E-state index in [0.29, 0.717) is 17.3 Å². The summed E-state index contributed by atoms with van der Waals surface area (Å²) in [5.74, 6) is -0.641. The van der Waals surface area contributed by atoms with E-state index < -0.39 is 36.3 Å².